The van der Waals surface area contributed by atoms with Crippen LogP contribution in [0.25, 0.3) is 0 Å². The molecule has 5 heteroatoms. The first kappa shape index (κ1) is 16.9. The molecule has 2 bridgehead atoms. The Kier molecular flexibility index (Phi) is 4.30. The summed E-state index contributed by atoms with van der Waals surface area (Å²) >= 11 is 0. The van der Waals surface area contributed by atoms with Crippen LogP contribution < -0.4 is 5.19 Å². The molecule has 0 N–H and O–H groups in total. The molecule has 2 aliphatic heterocycles. The summed E-state index contributed by atoms with van der Waals surface area (Å²) in [4.78, 5) is 12.9. The Balaban J connectivity index is 1.85. The Bertz CT molecular complexity index is 698. The quantitative estimate of drug-likeness (QED) is 0.621. The molecule has 0 spiro atoms. The molecule has 2 fully saturated rings. The zero-order valence-corrected chi connectivity index (χ0v) is 16.0. The summed E-state index contributed by atoms with van der Waals surface area (Å²) in [7, 11) is -4.44. The lowest BCUT2D eigenvalue weighted by Crippen LogP contribution is -2.45. The molecule has 23 heavy (non-hydrogen) atoms. The highest BCUT2D eigenvalue weighted by Gasteiger charge is 2.46. The lowest BCUT2D eigenvalue weighted by atomic mass is 9.84. The number of benzene rings is 1. The van der Waals surface area contributed by atoms with Crippen LogP contribution in [0.15, 0.2) is 24.3 Å². The molecule has 3 rings (SSSR count). The van der Waals surface area contributed by atoms with Crippen molar-refractivity contribution in [2.45, 2.75) is 62.2 Å². The van der Waals surface area contributed by atoms with Crippen LogP contribution in [0.5, 0.6) is 0 Å². The highest BCUT2D eigenvalue weighted by atomic mass is 32.2. The fraction of sp³-hybridized carbons (Fsp3) is 0.611. The maximum atomic E-state index is 12.9. The molecule has 2 heterocycles. The van der Waals surface area contributed by atoms with E-state index in [1.54, 1.807) is 0 Å². The number of sulfone groups is 1. The van der Waals surface area contributed by atoms with E-state index in [0.29, 0.717) is 12.8 Å². The van der Waals surface area contributed by atoms with Gasteiger partial charge in [-0.1, -0.05) is 55.5 Å². The summed E-state index contributed by atoms with van der Waals surface area (Å²) in [5.41, 5.74) is 0.771. The third-order valence-corrected chi connectivity index (χ3v) is 10.2. The largest absolute Gasteiger partial charge is 0.294 e. The number of carbonyl (C=O) groups is 1. The Morgan fingerprint density at radius 3 is 2.26 bits per heavy atom. The Morgan fingerprint density at radius 2 is 1.70 bits per heavy atom. The smallest absolute Gasteiger partial charge is 0.166 e. The molecule has 0 radical (unpaired) electrons. The second-order valence-corrected chi connectivity index (χ2v) is 15.7. The molecule has 2 atom stereocenters. The SMILES string of the molecule is C[Si](C)(C)c1cccc(C(=O)C2CC3CCCC(C2)S3(=O)=O)c1. The van der Waals surface area contributed by atoms with E-state index in [1.165, 1.54) is 5.19 Å². The van der Waals surface area contributed by atoms with Crippen molar-refractivity contribution in [3.63, 3.8) is 0 Å². The lowest BCUT2D eigenvalue weighted by Gasteiger charge is -2.38. The van der Waals surface area contributed by atoms with Crippen molar-refractivity contribution in [2.24, 2.45) is 5.92 Å². The van der Waals surface area contributed by atoms with Crippen LogP contribution >= 0.6 is 0 Å². The van der Waals surface area contributed by atoms with E-state index in [1.807, 2.05) is 18.2 Å². The van der Waals surface area contributed by atoms with Gasteiger partial charge in [-0.25, -0.2) is 8.42 Å². The standard InChI is InChI=1S/C18H26O3SSi/c1-23(2,3)17-9-4-6-13(12-17)18(19)14-10-15-7-5-8-16(11-14)22(15,20)21/h4,6,9,12,14-16H,5,7-8,10-11H2,1-3H3. The van der Waals surface area contributed by atoms with Crippen LogP contribution in [0.4, 0.5) is 0 Å². The van der Waals surface area contributed by atoms with Gasteiger partial charge in [0.1, 0.15) is 0 Å². The monoisotopic (exact) mass is 350 g/mol. The van der Waals surface area contributed by atoms with Crippen molar-refractivity contribution >= 4 is 28.9 Å². The Morgan fingerprint density at radius 1 is 1.09 bits per heavy atom. The van der Waals surface area contributed by atoms with Crippen LogP contribution in [0, 0.1) is 5.92 Å². The predicted octanol–water partition coefficient (Wildman–Crippen LogP) is 3.16. The Hall–Kier alpha value is -0.943. The molecule has 0 amide bonds. The van der Waals surface area contributed by atoms with Crippen LogP contribution in [0.2, 0.25) is 19.6 Å². The van der Waals surface area contributed by atoms with Gasteiger partial charge in [0.2, 0.25) is 0 Å². The van der Waals surface area contributed by atoms with Crippen LogP contribution in [0.3, 0.4) is 0 Å². The third kappa shape index (κ3) is 3.18. The van der Waals surface area contributed by atoms with Gasteiger partial charge in [0, 0.05) is 11.5 Å². The molecular formula is C18H26O3SSi. The molecule has 126 valence electrons. The van der Waals surface area contributed by atoms with Crippen LogP contribution in [0.1, 0.15) is 42.5 Å². The number of fused-ring (bicyclic) bond motifs is 2. The first-order chi connectivity index (χ1) is 10.7. The fourth-order valence-electron chi connectivity index (χ4n) is 4.00. The minimum Gasteiger partial charge on any atom is -0.294 e. The first-order valence-electron chi connectivity index (χ1n) is 8.57. The number of Topliss-reactive ketones (excluding diaryl/α,β-unsaturated/α-hetero) is 1. The van der Waals surface area contributed by atoms with Gasteiger partial charge in [0.05, 0.1) is 18.6 Å². The van der Waals surface area contributed by atoms with Gasteiger partial charge in [0.25, 0.3) is 0 Å². The van der Waals surface area contributed by atoms with Crippen molar-refractivity contribution < 1.29 is 13.2 Å². The average Bonchev–Trinajstić information content (AvgIpc) is 2.44. The number of rotatable bonds is 3. The third-order valence-electron chi connectivity index (χ3n) is 5.46. The van der Waals surface area contributed by atoms with Gasteiger partial charge >= 0.3 is 0 Å². The molecular weight excluding hydrogens is 324 g/mol. The van der Waals surface area contributed by atoms with Gasteiger partial charge in [-0.15, -0.1) is 0 Å². The second kappa shape index (κ2) is 5.85. The molecule has 0 aromatic heterocycles. The highest BCUT2D eigenvalue weighted by molar-refractivity contribution is 7.92. The minimum absolute atomic E-state index is 0.120. The summed E-state index contributed by atoms with van der Waals surface area (Å²) in [5.74, 6) is 0.0302. The fourth-order valence-corrected chi connectivity index (χ4v) is 7.72. The van der Waals surface area contributed by atoms with E-state index in [0.717, 1.165) is 24.8 Å². The highest BCUT2D eigenvalue weighted by Crippen LogP contribution is 2.40. The molecule has 2 aliphatic rings. The number of carbonyl (C=O) groups excluding carboxylic acids is 1. The van der Waals surface area contributed by atoms with Crippen LogP contribution in [-0.2, 0) is 9.84 Å². The van der Waals surface area contributed by atoms with Crippen molar-refractivity contribution in [2.75, 3.05) is 0 Å². The van der Waals surface area contributed by atoms with Gasteiger partial charge in [-0.05, 0) is 25.7 Å². The van der Waals surface area contributed by atoms with Crippen molar-refractivity contribution in [1.29, 1.82) is 0 Å². The summed E-state index contributed by atoms with van der Waals surface area (Å²) in [6.07, 6.45) is 3.50. The maximum absolute atomic E-state index is 12.9. The van der Waals surface area contributed by atoms with E-state index < -0.39 is 17.9 Å². The molecule has 2 unspecified atom stereocenters. The van der Waals surface area contributed by atoms with Gasteiger partial charge in [0.15, 0.2) is 15.6 Å². The van der Waals surface area contributed by atoms with Crippen LogP contribution in [-0.4, -0.2) is 32.8 Å². The van der Waals surface area contributed by atoms with E-state index in [9.17, 15) is 13.2 Å². The van der Waals surface area contributed by atoms with Gasteiger partial charge in [-0.3, -0.25) is 4.79 Å². The van der Waals surface area contributed by atoms with Gasteiger partial charge in [-0.2, -0.15) is 0 Å². The van der Waals surface area contributed by atoms with Crippen molar-refractivity contribution in [3.05, 3.63) is 29.8 Å². The van der Waals surface area contributed by atoms with E-state index >= 15 is 0 Å². The lowest BCUT2D eigenvalue weighted by molar-refractivity contribution is 0.0894. The zero-order chi connectivity index (χ0) is 16.8. The van der Waals surface area contributed by atoms with E-state index in [4.69, 9.17) is 0 Å². The van der Waals surface area contributed by atoms with E-state index in [-0.39, 0.29) is 22.2 Å². The minimum atomic E-state index is -2.99. The summed E-state index contributed by atoms with van der Waals surface area (Å²) in [6.45, 7) is 6.82. The van der Waals surface area contributed by atoms with Gasteiger partial charge < -0.3 is 0 Å². The summed E-state index contributed by atoms with van der Waals surface area (Å²) in [6, 6.07) is 8.03. The Labute approximate surface area is 140 Å². The predicted molar refractivity (Wildman–Crippen MR) is 96.8 cm³/mol. The van der Waals surface area contributed by atoms with Crippen molar-refractivity contribution in [1.82, 2.24) is 0 Å². The molecule has 2 saturated heterocycles. The number of ketones is 1. The normalized spacial score (nSPS) is 30.0. The first-order valence-corrected chi connectivity index (χ1v) is 13.7. The van der Waals surface area contributed by atoms with Crippen molar-refractivity contribution in [3.8, 4) is 0 Å². The molecule has 1 aromatic rings. The summed E-state index contributed by atoms with van der Waals surface area (Å²) < 4.78 is 24.8. The molecule has 0 saturated carbocycles. The molecule has 0 aliphatic carbocycles. The second-order valence-electron chi connectivity index (χ2n) is 8.13. The zero-order valence-electron chi connectivity index (χ0n) is 14.2. The number of hydrogen-bond acceptors (Lipinski definition) is 3. The molecule has 1 aromatic carbocycles. The van der Waals surface area contributed by atoms with E-state index in [2.05, 4.69) is 25.7 Å². The number of hydrogen-bond donors (Lipinski definition) is 0. The average molecular weight is 351 g/mol. The summed E-state index contributed by atoms with van der Waals surface area (Å²) in [5, 5.41) is 0.709. The molecule has 3 nitrogen and oxygen atoms in total. The maximum Gasteiger partial charge on any atom is 0.166 e. The topological polar surface area (TPSA) is 51.2 Å².